The summed E-state index contributed by atoms with van der Waals surface area (Å²) >= 11 is 6.37. The second-order valence-electron chi connectivity index (χ2n) is 9.05. The maximum Gasteiger partial charge on any atom is 0.295 e. The van der Waals surface area contributed by atoms with Crippen LogP contribution in [0.1, 0.15) is 43.0 Å². The second-order valence-corrected chi connectivity index (χ2v) is 9.46. The molecule has 1 aliphatic heterocycles. The Labute approximate surface area is 227 Å². The van der Waals surface area contributed by atoms with Crippen LogP contribution in [0.15, 0.2) is 29.8 Å². The zero-order valence-electron chi connectivity index (χ0n) is 22.7. The maximum absolute atomic E-state index is 13.5. The third-order valence-corrected chi connectivity index (χ3v) is 6.47. The van der Waals surface area contributed by atoms with Gasteiger partial charge in [0.15, 0.2) is 11.5 Å². The molecule has 0 aliphatic carbocycles. The highest BCUT2D eigenvalue weighted by Crippen LogP contribution is 2.47. The number of hydrogen-bond acceptors (Lipinski definition) is 8. The third kappa shape index (κ3) is 5.68. The lowest BCUT2D eigenvalue weighted by Crippen LogP contribution is -2.31. The van der Waals surface area contributed by atoms with Crippen molar-refractivity contribution in [3.63, 3.8) is 0 Å². The van der Waals surface area contributed by atoms with E-state index in [9.17, 15) is 14.7 Å². The minimum Gasteiger partial charge on any atom is -0.507 e. The first kappa shape index (κ1) is 29.1. The predicted octanol–water partition coefficient (Wildman–Crippen LogP) is 4.92. The first-order chi connectivity index (χ1) is 18.1. The summed E-state index contributed by atoms with van der Waals surface area (Å²) in [6, 6.07) is 5.69. The van der Waals surface area contributed by atoms with E-state index in [0.29, 0.717) is 35.8 Å². The molecule has 0 aromatic heterocycles. The van der Waals surface area contributed by atoms with Gasteiger partial charge in [-0.15, -0.1) is 0 Å². The molecule has 1 unspecified atom stereocenters. The van der Waals surface area contributed by atoms with Crippen molar-refractivity contribution in [3.8, 4) is 23.0 Å². The van der Waals surface area contributed by atoms with Gasteiger partial charge in [0.25, 0.3) is 11.7 Å². The van der Waals surface area contributed by atoms with E-state index in [4.69, 9.17) is 35.3 Å². The lowest BCUT2D eigenvalue weighted by atomic mass is 9.94. The van der Waals surface area contributed by atoms with E-state index in [2.05, 4.69) is 0 Å². The Balaban J connectivity index is 2.26. The van der Waals surface area contributed by atoms with Crippen molar-refractivity contribution < 1.29 is 38.4 Å². The molecule has 3 rings (SSSR count). The van der Waals surface area contributed by atoms with Gasteiger partial charge in [-0.25, -0.2) is 0 Å². The van der Waals surface area contributed by atoms with Gasteiger partial charge < -0.3 is 33.7 Å². The number of aryl methyl sites for hydroxylation is 1. The number of amides is 1. The van der Waals surface area contributed by atoms with E-state index in [0.717, 1.165) is 5.56 Å². The minimum absolute atomic E-state index is 0.0230. The third-order valence-electron chi connectivity index (χ3n) is 6.18. The number of methoxy groups -OCH3 is 4. The van der Waals surface area contributed by atoms with E-state index < -0.39 is 23.5 Å². The highest BCUT2D eigenvalue weighted by atomic mass is 35.5. The summed E-state index contributed by atoms with van der Waals surface area (Å²) in [7, 11) is 5.84. The lowest BCUT2D eigenvalue weighted by Gasteiger charge is -2.27. The van der Waals surface area contributed by atoms with Gasteiger partial charge in [0.1, 0.15) is 11.5 Å². The molecule has 1 amide bonds. The molecule has 1 heterocycles. The first-order valence-electron chi connectivity index (χ1n) is 12.1. The summed E-state index contributed by atoms with van der Waals surface area (Å²) in [6.07, 6.45) is 0.501. The number of nitrogens with zero attached hydrogens (tertiary/aromatic N) is 1. The number of hydrogen-bond donors (Lipinski definition) is 1. The standard InChI is InChI=1S/C28H34ClNO8/c1-15(2)38-10-8-9-30-23(17-13-20(34-4)27(37-7)21(14-17)35-5)22(25(32)28(30)33)24(31)18-11-16(3)12-19(29)26(18)36-6/h11-15,23,31H,8-10H2,1-7H3/b24-22+. The summed E-state index contributed by atoms with van der Waals surface area (Å²) < 4.78 is 27.5. The van der Waals surface area contributed by atoms with Gasteiger partial charge in [-0.1, -0.05) is 11.6 Å². The summed E-state index contributed by atoms with van der Waals surface area (Å²) in [5.74, 6) is -0.745. The smallest absolute Gasteiger partial charge is 0.295 e. The lowest BCUT2D eigenvalue weighted by molar-refractivity contribution is -0.140. The van der Waals surface area contributed by atoms with Crippen LogP contribution in [0.5, 0.6) is 23.0 Å². The molecule has 0 bridgehead atoms. The molecule has 1 saturated heterocycles. The van der Waals surface area contributed by atoms with Gasteiger partial charge in [-0.3, -0.25) is 9.59 Å². The van der Waals surface area contributed by atoms with Crippen molar-refractivity contribution in [2.24, 2.45) is 0 Å². The molecule has 38 heavy (non-hydrogen) atoms. The Bertz CT molecular complexity index is 1210. The number of rotatable bonds is 11. The number of halogens is 1. The largest absolute Gasteiger partial charge is 0.507 e. The SMILES string of the molecule is COc1cc(C2/C(=C(\O)c3cc(C)cc(Cl)c3OC)C(=O)C(=O)N2CCCOC(C)C)cc(OC)c1OC. The Morgan fingerprint density at radius 1 is 0.974 bits per heavy atom. The highest BCUT2D eigenvalue weighted by Gasteiger charge is 2.46. The van der Waals surface area contributed by atoms with Gasteiger partial charge in [-0.2, -0.15) is 0 Å². The molecule has 1 aliphatic rings. The highest BCUT2D eigenvalue weighted by molar-refractivity contribution is 6.46. The molecule has 0 spiro atoms. The summed E-state index contributed by atoms with van der Waals surface area (Å²) in [4.78, 5) is 28.2. The number of likely N-dealkylation sites (tertiary alicyclic amines) is 1. The number of benzene rings is 2. The number of ketones is 1. The first-order valence-corrected chi connectivity index (χ1v) is 12.5. The van der Waals surface area contributed by atoms with Crippen LogP contribution in [0.4, 0.5) is 0 Å². The average molecular weight is 548 g/mol. The van der Waals surface area contributed by atoms with E-state index in [-0.39, 0.29) is 34.6 Å². The van der Waals surface area contributed by atoms with Crippen molar-refractivity contribution in [1.29, 1.82) is 0 Å². The van der Waals surface area contributed by atoms with Crippen LogP contribution in [0, 0.1) is 6.92 Å². The van der Waals surface area contributed by atoms with Crippen molar-refractivity contribution >= 4 is 29.1 Å². The van der Waals surface area contributed by atoms with Crippen molar-refractivity contribution in [2.75, 3.05) is 41.6 Å². The fourth-order valence-electron chi connectivity index (χ4n) is 4.53. The molecule has 10 heteroatoms. The Morgan fingerprint density at radius 3 is 2.11 bits per heavy atom. The quantitative estimate of drug-likeness (QED) is 0.183. The average Bonchev–Trinajstić information content (AvgIpc) is 3.14. The van der Waals surface area contributed by atoms with Crippen LogP contribution in [0.3, 0.4) is 0 Å². The number of carbonyl (C=O) groups is 2. The van der Waals surface area contributed by atoms with Crippen LogP contribution in [0.25, 0.3) is 5.76 Å². The predicted molar refractivity (Wildman–Crippen MR) is 144 cm³/mol. The van der Waals surface area contributed by atoms with Crippen LogP contribution >= 0.6 is 11.6 Å². The van der Waals surface area contributed by atoms with Crippen molar-refractivity contribution in [3.05, 3.63) is 51.6 Å². The van der Waals surface area contributed by atoms with Crippen LogP contribution in [0.2, 0.25) is 5.02 Å². The van der Waals surface area contributed by atoms with Crippen LogP contribution in [-0.4, -0.2) is 69.4 Å². The molecule has 2 aromatic carbocycles. The molecule has 1 fully saturated rings. The van der Waals surface area contributed by atoms with Gasteiger partial charge >= 0.3 is 0 Å². The van der Waals surface area contributed by atoms with Gasteiger partial charge in [0, 0.05) is 13.2 Å². The van der Waals surface area contributed by atoms with Crippen molar-refractivity contribution in [1.82, 2.24) is 4.90 Å². The fourth-order valence-corrected chi connectivity index (χ4v) is 4.88. The molecule has 1 N–H and O–H groups in total. The molecule has 0 radical (unpaired) electrons. The normalized spacial score (nSPS) is 16.8. The number of aliphatic hydroxyl groups is 1. The molecule has 206 valence electrons. The maximum atomic E-state index is 13.5. The fraction of sp³-hybridized carbons (Fsp3) is 0.429. The van der Waals surface area contributed by atoms with Crippen LogP contribution in [-0.2, 0) is 14.3 Å². The van der Waals surface area contributed by atoms with Gasteiger partial charge in [0.05, 0.1) is 56.7 Å². The zero-order valence-corrected chi connectivity index (χ0v) is 23.5. The van der Waals surface area contributed by atoms with Crippen LogP contribution < -0.4 is 18.9 Å². The summed E-state index contributed by atoms with van der Waals surface area (Å²) in [6.45, 7) is 6.24. The summed E-state index contributed by atoms with van der Waals surface area (Å²) in [5.41, 5.74) is 1.33. The molecular formula is C28H34ClNO8. The second kappa shape index (κ2) is 12.4. The minimum atomic E-state index is -0.952. The van der Waals surface area contributed by atoms with Gasteiger partial charge in [0.2, 0.25) is 5.75 Å². The number of carbonyl (C=O) groups excluding carboxylic acids is 2. The van der Waals surface area contributed by atoms with Gasteiger partial charge in [-0.05, 0) is 62.6 Å². The van der Waals surface area contributed by atoms with E-state index >= 15 is 0 Å². The van der Waals surface area contributed by atoms with Crippen molar-refractivity contribution in [2.45, 2.75) is 39.3 Å². The van der Waals surface area contributed by atoms with E-state index in [1.54, 1.807) is 31.2 Å². The van der Waals surface area contributed by atoms with E-state index in [1.165, 1.54) is 33.3 Å². The molecule has 9 nitrogen and oxygen atoms in total. The molecular weight excluding hydrogens is 514 g/mol. The zero-order chi connectivity index (χ0) is 28.1. The molecule has 0 saturated carbocycles. The number of Topliss-reactive ketones (excluding diaryl/α,β-unsaturated/α-hetero) is 1. The molecule has 1 atom stereocenters. The Morgan fingerprint density at radius 2 is 1.58 bits per heavy atom. The Kier molecular flexibility index (Phi) is 9.51. The Hall–Kier alpha value is -3.43. The monoisotopic (exact) mass is 547 g/mol. The summed E-state index contributed by atoms with van der Waals surface area (Å²) in [5, 5.41) is 11.8. The number of aliphatic hydroxyl groups excluding tert-OH is 1. The number of ether oxygens (including phenoxy) is 5. The van der Waals surface area contributed by atoms with E-state index in [1.807, 2.05) is 13.8 Å². The molecule has 2 aromatic rings. The topological polar surface area (TPSA) is 104 Å².